The molecule has 1 aliphatic rings. The molecule has 1 heterocycles. The summed E-state index contributed by atoms with van der Waals surface area (Å²) in [5, 5.41) is 2.87. The monoisotopic (exact) mass is 241 g/mol. The van der Waals surface area contributed by atoms with Gasteiger partial charge >= 0.3 is 0 Å². The van der Waals surface area contributed by atoms with Crippen LogP contribution in [0.4, 0.5) is 5.82 Å². The van der Waals surface area contributed by atoms with Gasteiger partial charge in [0.2, 0.25) is 0 Å². The molecule has 0 aliphatic heterocycles. The third kappa shape index (κ3) is 3.10. The average Bonchev–Trinajstić information content (AvgIpc) is 2.15. The summed E-state index contributed by atoms with van der Waals surface area (Å²) < 4.78 is 0. The van der Waals surface area contributed by atoms with Gasteiger partial charge < -0.3 is 11.1 Å². The molecule has 1 aromatic heterocycles. The summed E-state index contributed by atoms with van der Waals surface area (Å²) in [5.41, 5.74) is 5.90. The van der Waals surface area contributed by atoms with Crippen LogP contribution in [0.15, 0.2) is 18.2 Å². The Morgan fingerprint density at radius 1 is 1.50 bits per heavy atom. The van der Waals surface area contributed by atoms with Crippen LogP contribution in [-0.2, 0) is 0 Å². The predicted octanol–water partition coefficient (Wildman–Crippen LogP) is 1.62. The van der Waals surface area contributed by atoms with Gasteiger partial charge in [0.1, 0.15) is 11.5 Å². The van der Waals surface area contributed by atoms with E-state index >= 15 is 0 Å². The number of hydrogen-bond donors (Lipinski definition) is 2. The number of nitrogens with one attached hydrogen (secondary N) is 1. The fraction of sp³-hybridized carbons (Fsp3) is 0.455. The number of aromatic nitrogens is 1. The summed E-state index contributed by atoms with van der Waals surface area (Å²) in [4.78, 5) is 15.6. The molecule has 16 heavy (non-hydrogen) atoms. The Morgan fingerprint density at radius 3 is 2.81 bits per heavy atom. The Bertz CT molecular complexity index is 366. The van der Waals surface area contributed by atoms with E-state index in [2.05, 4.69) is 10.3 Å². The van der Waals surface area contributed by atoms with E-state index in [0.717, 1.165) is 6.54 Å². The highest BCUT2D eigenvalue weighted by atomic mass is 35.5. The van der Waals surface area contributed by atoms with Gasteiger partial charge in [0.15, 0.2) is 0 Å². The molecule has 5 heteroatoms. The Kier molecular flexibility index (Phi) is 4.55. The van der Waals surface area contributed by atoms with Crippen LogP contribution in [0.3, 0.4) is 0 Å². The standard InChI is InChI=1S/C11H15N3O.ClH/c12-10-6-2-5-9(14-10)11(15)13-7-8-3-1-4-8;/h2,5-6,8H,1,3-4,7H2,(H2,12,14)(H,13,15);1H. The zero-order valence-electron chi connectivity index (χ0n) is 8.98. The molecule has 88 valence electrons. The van der Waals surface area contributed by atoms with Crippen LogP contribution in [-0.4, -0.2) is 17.4 Å². The second-order valence-electron chi connectivity index (χ2n) is 3.95. The molecular weight excluding hydrogens is 226 g/mol. The number of carbonyl (C=O) groups excluding carboxylic acids is 1. The maximum atomic E-state index is 11.6. The lowest BCUT2D eigenvalue weighted by Gasteiger charge is -2.25. The first kappa shape index (κ1) is 12.8. The first-order chi connectivity index (χ1) is 7.25. The van der Waals surface area contributed by atoms with Gasteiger partial charge in [0.25, 0.3) is 5.91 Å². The Morgan fingerprint density at radius 2 is 2.25 bits per heavy atom. The molecule has 4 nitrogen and oxygen atoms in total. The maximum Gasteiger partial charge on any atom is 0.269 e. The molecule has 0 radical (unpaired) electrons. The highest BCUT2D eigenvalue weighted by molar-refractivity contribution is 5.92. The molecule has 0 aromatic carbocycles. The zero-order chi connectivity index (χ0) is 10.7. The van der Waals surface area contributed by atoms with Gasteiger partial charge in [-0.1, -0.05) is 12.5 Å². The lowest BCUT2D eigenvalue weighted by atomic mass is 9.85. The lowest BCUT2D eigenvalue weighted by Crippen LogP contribution is -2.32. The van der Waals surface area contributed by atoms with E-state index in [9.17, 15) is 4.79 Å². The molecule has 1 aromatic rings. The summed E-state index contributed by atoms with van der Waals surface area (Å²) in [6.45, 7) is 0.759. The topological polar surface area (TPSA) is 68.0 Å². The fourth-order valence-electron chi connectivity index (χ4n) is 1.60. The molecule has 2 rings (SSSR count). The van der Waals surface area contributed by atoms with Gasteiger partial charge in [-0.25, -0.2) is 4.98 Å². The van der Waals surface area contributed by atoms with Crippen molar-refractivity contribution in [2.75, 3.05) is 12.3 Å². The number of halogens is 1. The summed E-state index contributed by atoms with van der Waals surface area (Å²) in [6, 6.07) is 5.08. The van der Waals surface area contributed by atoms with Crippen molar-refractivity contribution in [2.45, 2.75) is 19.3 Å². The van der Waals surface area contributed by atoms with E-state index in [1.807, 2.05) is 0 Å². The zero-order valence-corrected chi connectivity index (χ0v) is 9.80. The summed E-state index contributed by atoms with van der Waals surface area (Å²) >= 11 is 0. The molecule has 1 fully saturated rings. The van der Waals surface area contributed by atoms with E-state index in [1.165, 1.54) is 19.3 Å². The van der Waals surface area contributed by atoms with E-state index < -0.39 is 0 Å². The van der Waals surface area contributed by atoms with Gasteiger partial charge in [-0.05, 0) is 30.9 Å². The van der Waals surface area contributed by atoms with Gasteiger partial charge in [0.05, 0.1) is 0 Å². The van der Waals surface area contributed by atoms with Crippen molar-refractivity contribution in [3.63, 3.8) is 0 Å². The number of nitrogens with two attached hydrogens (primary N) is 1. The number of rotatable bonds is 3. The fourth-order valence-corrected chi connectivity index (χ4v) is 1.60. The molecule has 1 saturated carbocycles. The lowest BCUT2D eigenvalue weighted by molar-refractivity contribution is 0.0934. The highest BCUT2D eigenvalue weighted by Crippen LogP contribution is 2.25. The van der Waals surface area contributed by atoms with Crippen molar-refractivity contribution in [2.24, 2.45) is 5.92 Å². The molecule has 0 atom stereocenters. The van der Waals surface area contributed by atoms with Gasteiger partial charge in [-0.15, -0.1) is 12.4 Å². The largest absolute Gasteiger partial charge is 0.384 e. The molecule has 3 N–H and O–H groups in total. The number of nitrogen functional groups attached to an aromatic ring is 1. The number of pyridine rings is 1. The Labute approximate surface area is 101 Å². The van der Waals surface area contributed by atoms with E-state index in [0.29, 0.717) is 17.4 Å². The Hall–Kier alpha value is -1.29. The molecule has 1 aliphatic carbocycles. The van der Waals surface area contributed by atoms with E-state index in [4.69, 9.17) is 5.73 Å². The summed E-state index contributed by atoms with van der Waals surface area (Å²) in [7, 11) is 0. The normalized spacial score (nSPS) is 14.8. The van der Waals surface area contributed by atoms with Crippen molar-refractivity contribution in [3.05, 3.63) is 23.9 Å². The second kappa shape index (κ2) is 5.70. The van der Waals surface area contributed by atoms with Crippen molar-refractivity contribution >= 4 is 24.1 Å². The van der Waals surface area contributed by atoms with Crippen LogP contribution in [0, 0.1) is 5.92 Å². The summed E-state index contributed by atoms with van der Waals surface area (Å²) in [5.74, 6) is 0.913. The summed E-state index contributed by atoms with van der Waals surface area (Å²) in [6.07, 6.45) is 3.74. The minimum Gasteiger partial charge on any atom is -0.384 e. The second-order valence-corrected chi connectivity index (χ2v) is 3.95. The number of anilines is 1. The number of carbonyl (C=O) groups is 1. The van der Waals surface area contributed by atoms with Crippen LogP contribution >= 0.6 is 12.4 Å². The predicted molar refractivity (Wildman–Crippen MR) is 65.6 cm³/mol. The van der Waals surface area contributed by atoms with Gasteiger partial charge in [-0.3, -0.25) is 4.79 Å². The van der Waals surface area contributed by atoms with Crippen molar-refractivity contribution in [1.82, 2.24) is 10.3 Å². The quantitative estimate of drug-likeness (QED) is 0.845. The molecule has 0 bridgehead atoms. The third-order valence-corrected chi connectivity index (χ3v) is 2.78. The first-order valence-electron chi connectivity index (χ1n) is 5.26. The van der Waals surface area contributed by atoms with Crippen LogP contribution in [0.5, 0.6) is 0 Å². The smallest absolute Gasteiger partial charge is 0.269 e. The molecule has 0 spiro atoms. The Balaban J connectivity index is 0.00000128. The SMILES string of the molecule is Cl.Nc1cccc(C(=O)NCC2CCC2)n1. The number of nitrogens with zero attached hydrogens (tertiary/aromatic N) is 1. The number of amides is 1. The van der Waals surface area contributed by atoms with Gasteiger partial charge in [-0.2, -0.15) is 0 Å². The molecule has 0 saturated heterocycles. The van der Waals surface area contributed by atoms with Crippen molar-refractivity contribution in [1.29, 1.82) is 0 Å². The molecular formula is C11H16ClN3O. The molecule has 1 amide bonds. The third-order valence-electron chi connectivity index (χ3n) is 2.78. The van der Waals surface area contributed by atoms with Crippen LogP contribution < -0.4 is 11.1 Å². The van der Waals surface area contributed by atoms with Crippen molar-refractivity contribution in [3.8, 4) is 0 Å². The maximum absolute atomic E-state index is 11.6. The first-order valence-corrected chi connectivity index (χ1v) is 5.26. The highest BCUT2D eigenvalue weighted by Gasteiger charge is 2.18. The van der Waals surface area contributed by atoms with Crippen LogP contribution in [0.25, 0.3) is 0 Å². The van der Waals surface area contributed by atoms with E-state index in [1.54, 1.807) is 18.2 Å². The van der Waals surface area contributed by atoms with Crippen molar-refractivity contribution < 1.29 is 4.79 Å². The van der Waals surface area contributed by atoms with Crippen LogP contribution in [0.2, 0.25) is 0 Å². The molecule has 0 unspecified atom stereocenters. The average molecular weight is 242 g/mol. The number of hydrogen-bond acceptors (Lipinski definition) is 3. The minimum atomic E-state index is -0.130. The van der Waals surface area contributed by atoms with Gasteiger partial charge in [0, 0.05) is 6.54 Å². The minimum absolute atomic E-state index is 0. The van der Waals surface area contributed by atoms with Crippen LogP contribution in [0.1, 0.15) is 29.8 Å². The van der Waals surface area contributed by atoms with E-state index in [-0.39, 0.29) is 18.3 Å².